The number of nitrogens with one attached hydrogen (secondary N) is 2. The van der Waals surface area contributed by atoms with E-state index in [0.717, 1.165) is 25.7 Å². The van der Waals surface area contributed by atoms with Crippen molar-refractivity contribution in [2.24, 2.45) is 0 Å². The van der Waals surface area contributed by atoms with Crippen LogP contribution in [0.25, 0.3) is 0 Å². The van der Waals surface area contributed by atoms with Crippen molar-refractivity contribution in [3.05, 3.63) is 0 Å². The van der Waals surface area contributed by atoms with Gasteiger partial charge in [0.2, 0.25) is 5.91 Å². The molecule has 106 valence electrons. The highest BCUT2D eigenvalue weighted by Crippen LogP contribution is 2.30. The van der Waals surface area contributed by atoms with Crippen molar-refractivity contribution < 1.29 is 9.90 Å². The Balaban J connectivity index is 2.37. The summed E-state index contributed by atoms with van der Waals surface area (Å²) in [4.78, 5) is 12.0. The van der Waals surface area contributed by atoms with E-state index >= 15 is 0 Å². The summed E-state index contributed by atoms with van der Waals surface area (Å²) in [6.45, 7) is 2.20. The van der Waals surface area contributed by atoms with Gasteiger partial charge in [0.25, 0.3) is 0 Å². The van der Waals surface area contributed by atoms with Crippen molar-refractivity contribution in [3.8, 4) is 0 Å². The van der Waals surface area contributed by atoms with Gasteiger partial charge in [-0.3, -0.25) is 4.79 Å². The summed E-state index contributed by atoms with van der Waals surface area (Å²) in [7, 11) is 1.97. The lowest BCUT2D eigenvalue weighted by molar-refractivity contribution is -0.123. The highest BCUT2D eigenvalue weighted by Gasteiger charge is 2.32. The molecule has 1 atom stereocenters. The molecule has 1 unspecified atom stereocenters. The van der Waals surface area contributed by atoms with E-state index in [-0.39, 0.29) is 24.1 Å². The molecule has 0 bridgehead atoms. The minimum absolute atomic E-state index is 0.0129. The molecule has 1 aliphatic carbocycles. The van der Waals surface area contributed by atoms with Gasteiger partial charge in [0.15, 0.2) is 0 Å². The maximum absolute atomic E-state index is 12.0. The van der Waals surface area contributed by atoms with Gasteiger partial charge in [-0.25, -0.2) is 0 Å². The highest BCUT2D eigenvalue weighted by molar-refractivity contribution is 5.77. The van der Waals surface area contributed by atoms with Crippen molar-refractivity contribution in [3.63, 3.8) is 0 Å². The van der Waals surface area contributed by atoms with Crippen molar-refractivity contribution in [2.45, 2.75) is 69.9 Å². The van der Waals surface area contributed by atoms with Gasteiger partial charge in [-0.05, 0) is 39.7 Å². The second-order valence-electron chi connectivity index (χ2n) is 5.60. The van der Waals surface area contributed by atoms with Crippen LogP contribution in [0.1, 0.15) is 58.3 Å². The van der Waals surface area contributed by atoms with Gasteiger partial charge in [-0.2, -0.15) is 0 Å². The van der Waals surface area contributed by atoms with Crippen LogP contribution in [0.4, 0.5) is 0 Å². The molecule has 4 heteroatoms. The SMILES string of the molecule is CNC1(CC(=O)NC(C)CCCO)CCCCC1. The van der Waals surface area contributed by atoms with Crippen LogP contribution in [-0.2, 0) is 4.79 Å². The number of amides is 1. The first-order valence-corrected chi connectivity index (χ1v) is 7.21. The van der Waals surface area contributed by atoms with Crippen molar-refractivity contribution in [1.82, 2.24) is 10.6 Å². The Morgan fingerprint density at radius 1 is 1.33 bits per heavy atom. The summed E-state index contributed by atoms with van der Waals surface area (Å²) in [5, 5.41) is 15.2. The van der Waals surface area contributed by atoms with Crippen LogP contribution >= 0.6 is 0 Å². The smallest absolute Gasteiger partial charge is 0.222 e. The van der Waals surface area contributed by atoms with E-state index in [1.165, 1.54) is 19.3 Å². The van der Waals surface area contributed by atoms with Gasteiger partial charge in [0.05, 0.1) is 0 Å². The molecule has 0 aromatic rings. The first-order chi connectivity index (χ1) is 8.62. The standard InChI is InChI=1S/C14H28N2O2/c1-12(7-6-10-17)16-13(18)11-14(15-2)8-4-3-5-9-14/h12,15,17H,3-11H2,1-2H3,(H,16,18). The fourth-order valence-corrected chi connectivity index (χ4v) is 2.85. The average Bonchev–Trinajstić information content (AvgIpc) is 2.37. The zero-order chi connectivity index (χ0) is 13.4. The number of carbonyl (C=O) groups excluding carboxylic acids is 1. The van der Waals surface area contributed by atoms with Crippen molar-refractivity contribution >= 4 is 5.91 Å². The third kappa shape index (κ3) is 4.94. The van der Waals surface area contributed by atoms with Crippen molar-refractivity contribution in [2.75, 3.05) is 13.7 Å². The molecule has 0 aromatic heterocycles. The molecule has 0 aromatic carbocycles. The first kappa shape index (κ1) is 15.4. The van der Waals surface area contributed by atoms with Gasteiger partial charge in [0, 0.05) is 24.6 Å². The number of carbonyl (C=O) groups is 1. The molecular formula is C14H28N2O2. The number of aliphatic hydroxyl groups excluding tert-OH is 1. The lowest BCUT2D eigenvalue weighted by Crippen LogP contribution is -2.49. The zero-order valence-corrected chi connectivity index (χ0v) is 11.8. The Bertz CT molecular complexity index is 250. The van der Waals surface area contributed by atoms with E-state index in [4.69, 9.17) is 5.11 Å². The van der Waals surface area contributed by atoms with E-state index in [2.05, 4.69) is 10.6 Å². The van der Waals surface area contributed by atoms with Gasteiger partial charge in [-0.15, -0.1) is 0 Å². The second-order valence-corrected chi connectivity index (χ2v) is 5.60. The first-order valence-electron chi connectivity index (χ1n) is 7.21. The molecule has 1 aliphatic rings. The van der Waals surface area contributed by atoms with Gasteiger partial charge >= 0.3 is 0 Å². The Kier molecular flexibility index (Phi) is 6.65. The lowest BCUT2D eigenvalue weighted by atomic mass is 9.79. The highest BCUT2D eigenvalue weighted by atomic mass is 16.3. The molecule has 0 aliphatic heterocycles. The van der Waals surface area contributed by atoms with E-state index in [1.54, 1.807) is 0 Å². The molecule has 0 radical (unpaired) electrons. The molecule has 4 nitrogen and oxygen atoms in total. The van der Waals surface area contributed by atoms with Gasteiger partial charge in [-0.1, -0.05) is 19.3 Å². The van der Waals surface area contributed by atoms with Gasteiger partial charge < -0.3 is 15.7 Å². The molecule has 1 fully saturated rings. The van der Waals surface area contributed by atoms with Crippen LogP contribution in [0, 0.1) is 0 Å². The largest absolute Gasteiger partial charge is 0.396 e. The number of rotatable bonds is 7. The van der Waals surface area contributed by atoms with Crippen LogP contribution in [-0.4, -0.2) is 36.2 Å². The Labute approximate surface area is 111 Å². The third-order valence-electron chi connectivity index (χ3n) is 4.04. The minimum atomic E-state index is 0.0129. The maximum atomic E-state index is 12.0. The van der Waals surface area contributed by atoms with E-state index in [0.29, 0.717) is 6.42 Å². The molecule has 3 N–H and O–H groups in total. The third-order valence-corrected chi connectivity index (χ3v) is 4.04. The quantitative estimate of drug-likeness (QED) is 0.648. The predicted octanol–water partition coefficient (Wildman–Crippen LogP) is 1.58. The Morgan fingerprint density at radius 3 is 2.56 bits per heavy atom. The van der Waals surface area contributed by atoms with E-state index in [1.807, 2.05) is 14.0 Å². The molecule has 1 rings (SSSR count). The molecule has 0 spiro atoms. The summed E-state index contributed by atoms with van der Waals surface area (Å²) >= 11 is 0. The fourth-order valence-electron chi connectivity index (χ4n) is 2.85. The fraction of sp³-hybridized carbons (Fsp3) is 0.929. The molecule has 1 amide bonds. The molecule has 0 heterocycles. The van der Waals surface area contributed by atoms with Gasteiger partial charge in [0.1, 0.15) is 0 Å². The topological polar surface area (TPSA) is 61.4 Å². The molecule has 0 saturated heterocycles. The summed E-state index contributed by atoms with van der Waals surface area (Å²) in [5.74, 6) is 0.136. The van der Waals surface area contributed by atoms with Crippen LogP contribution in [0.15, 0.2) is 0 Å². The van der Waals surface area contributed by atoms with Crippen LogP contribution in [0.2, 0.25) is 0 Å². The average molecular weight is 256 g/mol. The lowest BCUT2D eigenvalue weighted by Gasteiger charge is -2.37. The number of hydrogen-bond donors (Lipinski definition) is 3. The van der Waals surface area contributed by atoms with Crippen LogP contribution in [0.3, 0.4) is 0 Å². The molecular weight excluding hydrogens is 228 g/mol. The maximum Gasteiger partial charge on any atom is 0.222 e. The summed E-state index contributed by atoms with van der Waals surface area (Å²) in [6, 6.07) is 0.155. The van der Waals surface area contributed by atoms with Crippen LogP contribution in [0.5, 0.6) is 0 Å². The number of aliphatic hydroxyl groups is 1. The molecule has 18 heavy (non-hydrogen) atoms. The van der Waals surface area contributed by atoms with Crippen LogP contribution < -0.4 is 10.6 Å². The normalized spacial score (nSPS) is 20.4. The van der Waals surface area contributed by atoms with E-state index in [9.17, 15) is 4.79 Å². The minimum Gasteiger partial charge on any atom is -0.396 e. The summed E-state index contributed by atoms with van der Waals surface area (Å²) < 4.78 is 0. The Hall–Kier alpha value is -0.610. The summed E-state index contributed by atoms with van der Waals surface area (Å²) in [6.07, 6.45) is 8.09. The zero-order valence-electron chi connectivity index (χ0n) is 11.8. The second kappa shape index (κ2) is 7.74. The van der Waals surface area contributed by atoms with Crippen molar-refractivity contribution in [1.29, 1.82) is 0 Å². The Morgan fingerprint density at radius 2 is 2.00 bits per heavy atom. The predicted molar refractivity (Wildman–Crippen MR) is 73.4 cm³/mol. The summed E-state index contributed by atoms with van der Waals surface area (Å²) in [5.41, 5.74) is 0.0129. The van der Waals surface area contributed by atoms with E-state index < -0.39 is 0 Å². The molecule has 1 saturated carbocycles. The monoisotopic (exact) mass is 256 g/mol. The number of hydrogen-bond acceptors (Lipinski definition) is 3.